The van der Waals surface area contributed by atoms with Gasteiger partial charge in [-0.25, -0.2) is 4.98 Å². The lowest BCUT2D eigenvalue weighted by molar-refractivity contribution is 0.620. The SMILES string of the molecule is C(=C\c1ccc(-n2nccn2)cc1)/c1ccc(-c2nc3ccccc3o2)cc1. The number of hydrogen-bond donors (Lipinski definition) is 0. The van der Waals surface area contributed by atoms with E-state index < -0.39 is 0 Å². The molecule has 0 fully saturated rings. The number of benzene rings is 3. The summed E-state index contributed by atoms with van der Waals surface area (Å²) in [6.07, 6.45) is 7.49. The third-order valence-electron chi connectivity index (χ3n) is 4.46. The van der Waals surface area contributed by atoms with Crippen LogP contribution in [-0.2, 0) is 0 Å². The van der Waals surface area contributed by atoms with Crippen molar-refractivity contribution in [3.8, 4) is 17.1 Å². The van der Waals surface area contributed by atoms with Gasteiger partial charge >= 0.3 is 0 Å². The third kappa shape index (κ3) is 3.21. The summed E-state index contributed by atoms with van der Waals surface area (Å²) in [6, 6.07) is 24.0. The highest BCUT2D eigenvalue weighted by atomic mass is 16.3. The molecule has 0 spiro atoms. The molecule has 3 aromatic carbocycles. The molecule has 5 nitrogen and oxygen atoms in total. The lowest BCUT2D eigenvalue weighted by Crippen LogP contribution is -1.97. The van der Waals surface area contributed by atoms with Crippen LogP contribution in [0.4, 0.5) is 0 Å². The van der Waals surface area contributed by atoms with E-state index >= 15 is 0 Å². The molecule has 0 radical (unpaired) electrons. The predicted molar refractivity (Wildman–Crippen MR) is 110 cm³/mol. The largest absolute Gasteiger partial charge is 0.436 e. The van der Waals surface area contributed by atoms with Gasteiger partial charge in [0.2, 0.25) is 5.89 Å². The van der Waals surface area contributed by atoms with Crippen LogP contribution in [0.15, 0.2) is 89.6 Å². The van der Waals surface area contributed by atoms with E-state index in [9.17, 15) is 0 Å². The Bertz CT molecular complexity index is 1200. The normalized spacial score (nSPS) is 11.4. The second-order valence-corrected chi connectivity index (χ2v) is 6.35. The van der Waals surface area contributed by atoms with E-state index in [1.54, 1.807) is 17.2 Å². The molecule has 2 heterocycles. The topological polar surface area (TPSA) is 56.7 Å². The molecule has 0 unspecified atom stereocenters. The summed E-state index contributed by atoms with van der Waals surface area (Å²) in [5.41, 5.74) is 5.79. The van der Waals surface area contributed by atoms with Crippen molar-refractivity contribution in [1.29, 1.82) is 0 Å². The predicted octanol–water partition coefficient (Wildman–Crippen LogP) is 5.25. The first-order valence-electron chi connectivity index (χ1n) is 8.96. The van der Waals surface area contributed by atoms with E-state index in [1.807, 2.05) is 60.7 Å². The number of hydrogen-bond acceptors (Lipinski definition) is 4. The lowest BCUT2D eigenvalue weighted by atomic mass is 10.1. The molecular formula is C23H16N4O. The maximum atomic E-state index is 5.82. The maximum absolute atomic E-state index is 5.82. The van der Waals surface area contributed by atoms with Crippen LogP contribution >= 0.6 is 0 Å². The van der Waals surface area contributed by atoms with E-state index in [0.29, 0.717) is 5.89 Å². The standard InChI is InChI=1S/C23H16N4O/c1-2-4-22-21(3-1)26-23(28-22)19-11-7-17(8-12-19)5-6-18-9-13-20(14-10-18)27-24-15-16-25-27/h1-16H/b6-5+. The molecule has 0 aliphatic rings. The molecule has 0 amide bonds. The zero-order chi connectivity index (χ0) is 18.8. The highest BCUT2D eigenvalue weighted by molar-refractivity contribution is 5.76. The molecule has 5 aromatic rings. The van der Waals surface area contributed by atoms with Crippen LogP contribution in [-0.4, -0.2) is 20.0 Å². The fourth-order valence-corrected chi connectivity index (χ4v) is 2.99. The summed E-state index contributed by atoms with van der Waals surface area (Å²) in [5.74, 6) is 0.638. The van der Waals surface area contributed by atoms with Crippen LogP contribution in [0.5, 0.6) is 0 Å². The highest BCUT2D eigenvalue weighted by Crippen LogP contribution is 2.24. The zero-order valence-corrected chi connectivity index (χ0v) is 14.9. The number of aromatic nitrogens is 4. The summed E-state index contributed by atoms with van der Waals surface area (Å²) in [7, 11) is 0. The summed E-state index contributed by atoms with van der Waals surface area (Å²) in [6.45, 7) is 0. The van der Waals surface area contributed by atoms with Gasteiger partial charge in [-0.1, -0.05) is 48.6 Å². The van der Waals surface area contributed by atoms with Crippen molar-refractivity contribution in [2.75, 3.05) is 0 Å². The molecule has 0 saturated carbocycles. The molecule has 0 atom stereocenters. The van der Waals surface area contributed by atoms with Crippen molar-refractivity contribution in [2.45, 2.75) is 0 Å². The van der Waals surface area contributed by atoms with Crippen LogP contribution in [0.25, 0.3) is 40.4 Å². The van der Waals surface area contributed by atoms with Crippen molar-refractivity contribution in [2.24, 2.45) is 0 Å². The lowest BCUT2D eigenvalue weighted by Gasteiger charge is -2.00. The Balaban J connectivity index is 1.33. The first-order valence-corrected chi connectivity index (χ1v) is 8.96. The average molecular weight is 364 g/mol. The zero-order valence-electron chi connectivity index (χ0n) is 14.9. The molecule has 0 aliphatic heterocycles. The molecule has 5 rings (SSSR count). The Morgan fingerprint density at radius 3 is 2.04 bits per heavy atom. The van der Waals surface area contributed by atoms with Crippen LogP contribution in [0.3, 0.4) is 0 Å². The smallest absolute Gasteiger partial charge is 0.227 e. The Labute approximate surface area is 161 Å². The minimum Gasteiger partial charge on any atom is -0.436 e. The van der Waals surface area contributed by atoms with E-state index in [0.717, 1.165) is 33.5 Å². The number of rotatable bonds is 4. The fraction of sp³-hybridized carbons (Fsp3) is 0. The van der Waals surface area contributed by atoms with Crippen molar-refractivity contribution >= 4 is 23.3 Å². The van der Waals surface area contributed by atoms with E-state index in [2.05, 4.69) is 39.5 Å². The molecule has 28 heavy (non-hydrogen) atoms. The first kappa shape index (κ1) is 16.2. The summed E-state index contributed by atoms with van der Waals surface area (Å²) in [4.78, 5) is 6.13. The quantitative estimate of drug-likeness (QED) is 0.409. The van der Waals surface area contributed by atoms with Gasteiger partial charge in [0, 0.05) is 5.56 Å². The van der Waals surface area contributed by atoms with Gasteiger partial charge in [0.1, 0.15) is 5.52 Å². The third-order valence-corrected chi connectivity index (χ3v) is 4.46. The van der Waals surface area contributed by atoms with E-state index in [-0.39, 0.29) is 0 Å². The average Bonchev–Trinajstić information content (AvgIpc) is 3.43. The first-order chi connectivity index (χ1) is 13.8. The Morgan fingerprint density at radius 2 is 1.36 bits per heavy atom. The van der Waals surface area contributed by atoms with Crippen molar-refractivity contribution in [3.05, 3.63) is 96.3 Å². The van der Waals surface area contributed by atoms with Gasteiger partial charge in [0.25, 0.3) is 0 Å². The molecule has 0 bridgehead atoms. The van der Waals surface area contributed by atoms with Crippen LogP contribution in [0.1, 0.15) is 11.1 Å². The van der Waals surface area contributed by atoms with Crippen molar-refractivity contribution in [1.82, 2.24) is 20.0 Å². The minimum atomic E-state index is 0.638. The molecule has 2 aromatic heterocycles. The second kappa shape index (κ2) is 6.96. The van der Waals surface area contributed by atoms with Gasteiger partial charge in [-0.05, 0) is 47.5 Å². The van der Waals surface area contributed by atoms with Gasteiger partial charge in [-0.15, -0.1) is 0 Å². The van der Waals surface area contributed by atoms with Crippen LogP contribution < -0.4 is 0 Å². The summed E-state index contributed by atoms with van der Waals surface area (Å²) >= 11 is 0. The van der Waals surface area contributed by atoms with Crippen molar-refractivity contribution in [3.63, 3.8) is 0 Å². The molecule has 5 heteroatoms. The van der Waals surface area contributed by atoms with Gasteiger partial charge in [-0.2, -0.15) is 15.0 Å². The molecule has 0 saturated heterocycles. The second-order valence-electron chi connectivity index (χ2n) is 6.35. The van der Waals surface area contributed by atoms with Gasteiger partial charge in [-0.3, -0.25) is 0 Å². The molecule has 134 valence electrons. The van der Waals surface area contributed by atoms with E-state index in [1.165, 1.54) is 0 Å². The summed E-state index contributed by atoms with van der Waals surface area (Å²) in [5, 5.41) is 8.26. The van der Waals surface area contributed by atoms with Gasteiger partial charge < -0.3 is 4.42 Å². The van der Waals surface area contributed by atoms with Crippen LogP contribution in [0.2, 0.25) is 0 Å². The fourth-order valence-electron chi connectivity index (χ4n) is 2.99. The molecule has 0 aliphatic carbocycles. The van der Waals surface area contributed by atoms with Gasteiger partial charge in [0.15, 0.2) is 5.58 Å². The minimum absolute atomic E-state index is 0.638. The summed E-state index contributed by atoms with van der Waals surface area (Å²) < 4.78 is 5.82. The number of oxazole rings is 1. The highest BCUT2D eigenvalue weighted by Gasteiger charge is 2.07. The molecular weight excluding hydrogens is 348 g/mol. The van der Waals surface area contributed by atoms with Crippen molar-refractivity contribution < 1.29 is 4.42 Å². The monoisotopic (exact) mass is 364 g/mol. The number of para-hydroxylation sites is 2. The Kier molecular flexibility index (Phi) is 4.03. The maximum Gasteiger partial charge on any atom is 0.227 e. The van der Waals surface area contributed by atoms with E-state index in [4.69, 9.17) is 4.42 Å². The van der Waals surface area contributed by atoms with Gasteiger partial charge in [0.05, 0.1) is 18.1 Å². The number of nitrogens with zero attached hydrogens (tertiary/aromatic N) is 4. The Hall–Kier alpha value is -3.99. The Morgan fingerprint density at radius 1 is 0.714 bits per heavy atom. The number of fused-ring (bicyclic) bond motifs is 1. The van der Waals surface area contributed by atoms with Crippen LogP contribution in [0, 0.1) is 0 Å². The molecule has 0 N–H and O–H groups in total.